The molecule has 6 heteroatoms. The van der Waals surface area contributed by atoms with Gasteiger partial charge in [-0.2, -0.15) is 5.10 Å². The van der Waals surface area contributed by atoms with Crippen molar-refractivity contribution in [1.29, 1.82) is 0 Å². The molecule has 0 unspecified atom stereocenters. The molecule has 0 heterocycles. The van der Waals surface area contributed by atoms with E-state index in [1.54, 1.807) is 24.3 Å². The molecule has 0 saturated carbocycles. The molecule has 0 radical (unpaired) electrons. The standard InChI is InChI=1S/C20H25N3O3/c1-2-3-4-5-6-10-20(16-11-13-19(24)14-12-16)22-21-17-8-7-9-18(15-17)23(25)26/h7-9,11-15,21,24H,2-6,10H2,1H3/b22-20+. The largest absolute Gasteiger partial charge is 0.508 e. The van der Waals surface area contributed by atoms with E-state index in [9.17, 15) is 15.2 Å². The van der Waals surface area contributed by atoms with Gasteiger partial charge in [-0.15, -0.1) is 0 Å². The maximum atomic E-state index is 10.9. The van der Waals surface area contributed by atoms with Crippen LogP contribution in [-0.4, -0.2) is 15.7 Å². The van der Waals surface area contributed by atoms with Crippen LogP contribution in [-0.2, 0) is 0 Å². The first kappa shape index (κ1) is 19.4. The van der Waals surface area contributed by atoms with E-state index in [2.05, 4.69) is 17.5 Å². The highest BCUT2D eigenvalue weighted by Gasteiger charge is 2.07. The first-order chi connectivity index (χ1) is 12.6. The minimum absolute atomic E-state index is 0.0240. The fourth-order valence-electron chi connectivity index (χ4n) is 2.64. The quantitative estimate of drug-likeness (QED) is 0.256. The fraction of sp³-hybridized carbons (Fsp3) is 0.350. The molecule has 2 aromatic rings. The lowest BCUT2D eigenvalue weighted by molar-refractivity contribution is -0.384. The lowest BCUT2D eigenvalue weighted by Crippen LogP contribution is -2.05. The minimum atomic E-state index is -0.427. The molecule has 0 aliphatic carbocycles. The van der Waals surface area contributed by atoms with Gasteiger partial charge in [0.25, 0.3) is 5.69 Å². The van der Waals surface area contributed by atoms with Gasteiger partial charge in [-0.25, -0.2) is 0 Å². The molecule has 138 valence electrons. The van der Waals surface area contributed by atoms with Gasteiger partial charge in [-0.05, 0) is 48.7 Å². The number of aromatic hydroxyl groups is 1. The van der Waals surface area contributed by atoms with Gasteiger partial charge in [-0.3, -0.25) is 15.5 Å². The molecule has 0 amide bonds. The van der Waals surface area contributed by atoms with Crippen LogP contribution in [0.2, 0.25) is 0 Å². The molecule has 0 bridgehead atoms. The van der Waals surface area contributed by atoms with Crippen molar-refractivity contribution in [3.8, 4) is 5.75 Å². The van der Waals surface area contributed by atoms with Crippen molar-refractivity contribution in [3.05, 3.63) is 64.2 Å². The number of rotatable bonds is 10. The Morgan fingerprint density at radius 3 is 2.54 bits per heavy atom. The van der Waals surface area contributed by atoms with Crippen LogP contribution < -0.4 is 5.43 Å². The number of non-ortho nitro benzene ring substituents is 1. The molecule has 6 nitrogen and oxygen atoms in total. The van der Waals surface area contributed by atoms with E-state index in [1.807, 2.05) is 12.1 Å². The van der Waals surface area contributed by atoms with Crippen LogP contribution in [0.25, 0.3) is 0 Å². The maximum absolute atomic E-state index is 10.9. The van der Waals surface area contributed by atoms with Crippen LogP contribution in [0.3, 0.4) is 0 Å². The van der Waals surface area contributed by atoms with Gasteiger partial charge in [0, 0.05) is 12.1 Å². The Bertz CT molecular complexity index is 742. The molecule has 0 aromatic heterocycles. The number of unbranched alkanes of at least 4 members (excludes halogenated alkanes) is 4. The second-order valence-corrected chi connectivity index (χ2v) is 6.19. The lowest BCUT2D eigenvalue weighted by Gasteiger charge is -2.09. The first-order valence-electron chi connectivity index (χ1n) is 8.96. The molecule has 2 rings (SSSR count). The van der Waals surface area contributed by atoms with Crippen molar-refractivity contribution in [3.63, 3.8) is 0 Å². The number of nitro benzene ring substituents is 1. The third-order valence-electron chi connectivity index (χ3n) is 4.09. The van der Waals surface area contributed by atoms with Crippen molar-refractivity contribution >= 4 is 17.1 Å². The molecule has 2 aromatic carbocycles. The molecular formula is C20H25N3O3. The third-order valence-corrected chi connectivity index (χ3v) is 4.09. The summed E-state index contributed by atoms with van der Waals surface area (Å²) in [7, 11) is 0. The van der Waals surface area contributed by atoms with Crippen molar-refractivity contribution in [2.75, 3.05) is 5.43 Å². The van der Waals surface area contributed by atoms with Gasteiger partial charge >= 0.3 is 0 Å². The zero-order valence-corrected chi connectivity index (χ0v) is 15.0. The summed E-state index contributed by atoms with van der Waals surface area (Å²) >= 11 is 0. The Balaban J connectivity index is 2.11. The molecule has 0 spiro atoms. The Morgan fingerprint density at radius 1 is 1.12 bits per heavy atom. The number of anilines is 1. The number of hydrogen-bond donors (Lipinski definition) is 2. The Morgan fingerprint density at radius 2 is 1.85 bits per heavy atom. The predicted molar refractivity (Wildman–Crippen MR) is 105 cm³/mol. The highest BCUT2D eigenvalue weighted by Crippen LogP contribution is 2.19. The first-order valence-corrected chi connectivity index (χ1v) is 8.96. The number of benzene rings is 2. The topological polar surface area (TPSA) is 87.8 Å². The average Bonchev–Trinajstić information content (AvgIpc) is 2.65. The molecule has 0 aliphatic heterocycles. The van der Waals surface area contributed by atoms with Crippen LogP contribution in [0, 0.1) is 10.1 Å². The van der Waals surface area contributed by atoms with E-state index in [0.717, 1.165) is 30.5 Å². The third kappa shape index (κ3) is 6.20. The lowest BCUT2D eigenvalue weighted by atomic mass is 10.0. The normalized spacial score (nSPS) is 11.3. The summed E-state index contributed by atoms with van der Waals surface area (Å²) in [4.78, 5) is 10.5. The molecular weight excluding hydrogens is 330 g/mol. The maximum Gasteiger partial charge on any atom is 0.271 e. The van der Waals surface area contributed by atoms with E-state index >= 15 is 0 Å². The van der Waals surface area contributed by atoms with Gasteiger partial charge in [-0.1, -0.05) is 38.7 Å². The van der Waals surface area contributed by atoms with Crippen LogP contribution >= 0.6 is 0 Å². The summed E-state index contributed by atoms with van der Waals surface area (Å²) in [5.74, 6) is 0.211. The van der Waals surface area contributed by atoms with E-state index in [4.69, 9.17) is 0 Å². The van der Waals surface area contributed by atoms with Crippen LogP contribution in [0.1, 0.15) is 51.0 Å². The summed E-state index contributed by atoms with van der Waals surface area (Å²) in [6, 6.07) is 13.2. The van der Waals surface area contributed by atoms with Crippen LogP contribution in [0.4, 0.5) is 11.4 Å². The predicted octanol–water partition coefficient (Wildman–Crippen LogP) is 5.48. The van der Waals surface area contributed by atoms with Gasteiger partial charge in [0.1, 0.15) is 5.75 Å². The van der Waals surface area contributed by atoms with Gasteiger partial charge in [0.2, 0.25) is 0 Å². The van der Waals surface area contributed by atoms with Crippen molar-refractivity contribution < 1.29 is 10.0 Å². The van der Waals surface area contributed by atoms with Gasteiger partial charge in [0.15, 0.2) is 0 Å². The molecule has 0 atom stereocenters. The number of hydrogen-bond acceptors (Lipinski definition) is 5. The monoisotopic (exact) mass is 355 g/mol. The number of phenols is 1. The van der Waals surface area contributed by atoms with E-state index in [1.165, 1.54) is 31.4 Å². The van der Waals surface area contributed by atoms with Crippen molar-refractivity contribution in [1.82, 2.24) is 0 Å². The number of nitrogens with one attached hydrogen (secondary N) is 1. The number of nitrogens with zero attached hydrogens (tertiary/aromatic N) is 2. The Hall–Kier alpha value is -2.89. The number of hydrazone groups is 1. The second kappa shape index (κ2) is 10.2. The zero-order valence-electron chi connectivity index (χ0n) is 15.0. The SMILES string of the molecule is CCCCCCC/C(=N\Nc1cccc([N+](=O)[O-])c1)c1ccc(O)cc1. The van der Waals surface area contributed by atoms with Gasteiger partial charge < -0.3 is 5.11 Å². The second-order valence-electron chi connectivity index (χ2n) is 6.19. The van der Waals surface area contributed by atoms with E-state index in [0.29, 0.717) is 5.69 Å². The molecule has 26 heavy (non-hydrogen) atoms. The number of nitro groups is 1. The highest BCUT2D eigenvalue weighted by molar-refractivity contribution is 6.01. The minimum Gasteiger partial charge on any atom is -0.508 e. The smallest absolute Gasteiger partial charge is 0.271 e. The van der Waals surface area contributed by atoms with Crippen molar-refractivity contribution in [2.45, 2.75) is 45.4 Å². The summed E-state index contributed by atoms with van der Waals surface area (Å²) in [6.07, 6.45) is 6.61. The summed E-state index contributed by atoms with van der Waals surface area (Å²) in [6.45, 7) is 2.19. The molecule has 0 aliphatic rings. The van der Waals surface area contributed by atoms with E-state index in [-0.39, 0.29) is 11.4 Å². The Kier molecular flexibility index (Phi) is 7.61. The average molecular weight is 355 g/mol. The van der Waals surface area contributed by atoms with Crippen molar-refractivity contribution in [2.24, 2.45) is 5.10 Å². The summed E-state index contributed by atoms with van der Waals surface area (Å²) in [5.41, 5.74) is 5.32. The van der Waals surface area contributed by atoms with E-state index < -0.39 is 4.92 Å². The molecule has 2 N–H and O–H groups in total. The fourth-order valence-corrected chi connectivity index (χ4v) is 2.64. The number of phenolic OH excluding ortho intramolecular Hbond substituents is 1. The highest BCUT2D eigenvalue weighted by atomic mass is 16.6. The molecule has 0 saturated heterocycles. The molecule has 0 fully saturated rings. The Labute approximate surface area is 153 Å². The summed E-state index contributed by atoms with van der Waals surface area (Å²) in [5, 5.41) is 24.8. The van der Waals surface area contributed by atoms with Gasteiger partial charge in [0.05, 0.1) is 16.3 Å². The summed E-state index contributed by atoms with van der Waals surface area (Å²) < 4.78 is 0. The van der Waals surface area contributed by atoms with Crippen LogP contribution in [0.5, 0.6) is 5.75 Å². The van der Waals surface area contributed by atoms with Crippen LogP contribution in [0.15, 0.2) is 53.6 Å². The zero-order chi connectivity index (χ0) is 18.8.